The van der Waals surface area contributed by atoms with Crippen molar-refractivity contribution in [1.82, 2.24) is 4.90 Å². The fourth-order valence-corrected chi connectivity index (χ4v) is 5.55. The summed E-state index contributed by atoms with van der Waals surface area (Å²) in [7, 11) is 0. The van der Waals surface area contributed by atoms with Crippen LogP contribution in [-0.4, -0.2) is 42.9 Å². The van der Waals surface area contributed by atoms with Crippen LogP contribution in [0.15, 0.2) is 18.2 Å². The Bertz CT molecular complexity index is 786. The molecule has 3 fully saturated rings. The molecule has 2 saturated heterocycles. The number of carbonyl (C=O) groups excluding carboxylic acids is 2. The van der Waals surface area contributed by atoms with Gasteiger partial charge in [-0.05, 0) is 68.1 Å². The zero-order valence-electron chi connectivity index (χ0n) is 20.1. The van der Waals surface area contributed by atoms with Gasteiger partial charge in [-0.2, -0.15) is 0 Å². The lowest BCUT2D eigenvalue weighted by atomic mass is 9.96. The first kappa shape index (κ1) is 23.1. The van der Waals surface area contributed by atoms with Crippen LogP contribution in [0, 0.1) is 17.8 Å². The normalized spacial score (nSPS) is 21.2. The van der Waals surface area contributed by atoms with Gasteiger partial charge in [-0.15, -0.1) is 0 Å². The first-order chi connectivity index (χ1) is 15.5. The van der Waals surface area contributed by atoms with E-state index in [9.17, 15) is 9.59 Å². The molecule has 1 N–H and O–H groups in total. The summed E-state index contributed by atoms with van der Waals surface area (Å²) in [4.78, 5) is 30.5. The van der Waals surface area contributed by atoms with Crippen molar-refractivity contribution in [2.45, 2.75) is 78.1 Å². The van der Waals surface area contributed by atoms with E-state index in [0.717, 1.165) is 81.1 Å². The predicted octanol–water partition coefficient (Wildman–Crippen LogP) is 5.70. The van der Waals surface area contributed by atoms with Crippen LogP contribution in [0.1, 0.15) is 88.4 Å². The molecule has 2 heterocycles. The molecule has 1 aromatic rings. The minimum absolute atomic E-state index is 0.0710. The van der Waals surface area contributed by atoms with Crippen LogP contribution in [0.25, 0.3) is 0 Å². The molecule has 3 aliphatic rings. The zero-order chi connectivity index (χ0) is 22.5. The number of nitrogens with one attached hydrogen (secondary N) is 1. The van der Waals surface area contributed by atoms with Crippen LogP contribution in [-0.2, 0) is 4.79 Å². The SMILES string of the molecule is CC1CCN(C(=O)c2cc(NC(=O)CCC3CCCC3)ccc2N2CCC(C)CC2)CC1. The van der Waals surface area contributed by atoms with Gasteiger partial charge in [0, 0.05) is 44.0 Å². The van der Waals surface area contributed by atoms with E-state index in [1.807, 2.05) is 17.0 Å². The van der Waals surface area contributed by atoms with Crippen LogP contribution in [0.3, 0.4) is 0 Å². The molecule has 0 bridgehead atoms. The Morgan fingerprint density at radius 1 is 0.906 bits per heavy atom. The first-order valence-corrected chi connectivity index (χ1v) is 13.0. The highest BCUT2D eigenvalue weighted by atomic mass is 16.2. The van der Waals surface area contributed by atoms with Gasteiger partial charge in [-0.25, -0.2) is 0 Å². The molecule has 5 nitrogen and oxygen atoms in total. The van der Waals surface area contributed by atoms with Crippen LogP contribution in [0.4, 0.5) is 11.4 Å². The van der Waals surface area contributed by atoms with Gasteiger partial charge >= 0.3 is 0 Å². The Labute approximate surface area is 193 Å². The molecule has 2 aliphatic heterocycles. The minimum atomic E-state index is 0.0710. The van der Waals surface area contributed by atoms with E-state index in [0.29, 0.717) is 18.3 Å². The largest absolute Gasteiger partial charge is 0.371 e. The van der Waals surface area contributed by atoms with E-state index in [-0.39, 0.29) is 11.8 Å². The average molecular weight is 440 g/mol. The Morgan fingerprint density at radius 3 is 2.19 bits per heavy atom. The van der Waals surface area contributed by atoms with Gasteiger partial charge in [0.1, 0.15) is 0 Å². The van der Waals surface area contributed by atoms with E-state index < -0.39 is 0 Å². The number of piperidine rings is 2. The van der Waals surface area contributed by atoms with Gasteiger partial charge in [-0.3, -0.25) is 9.59 Å². The van der Waals surface area contributed by atoms with Gasteiger partial charge in [0.25, 0.3) is 5.91 Å². The number of hydrogen-bond donors (Lipinski definition) is 1. The third kappa shape index (κ3) is 5.85. The maximum atomic E-state index is 13.6. The van der Waals surface area contributed by atoms with E-state index in [1.54, 1.807) is 0 Å². The molecule has 5 heteroatoms. The number of carbonyl (C=O) groups is 2. The maximum absolute atomic E-state index is 13.6. The lowest BCUT2D eigenvalue weighted by Gasteiger charge is -2.35. The first-order valence-electron chi connectivity index (χ1n) is 13.0. The number of likely N-dealkylation sites (tertiary alicyclic amines) is 1. The summed E-state index contributed by atoms with van der Waals surface area (Å²) >= 11 is 0. The number of rotatable bonds is 6. The van der Waals surface area contributed by atoms with Crippen LogP contribution in [0.5, 0.6) is 0 Å². The van der Waals surface area contributed by atoms with Crippen molar-refractivity contribution in [3.63, 3.8) is 0 Å². The molecule has 4 rings (SSSR count). The van der Waals surface area contributed by atoms with Crippen molar-refractivity contribution in [3.05, 3.63) is 23.8 Å². The Kier molecular flexibility index (Phi) is 7.75. The second-order valence-corrected chi connectivity index (χ2v) is 10.6. The monoisotopic (exact) mass is 439 g/mol. The summed E-state index contributed by atoms with van der Waals surface area (Å²) in [6, 6.07) is 5.97. The number of nitrogens with zero attached hydrogens (tertiary/aromatic N) is 2. The molecular formula is C27H41N3O2. The molecule has 1 aliphatic carbocycles. The molecule has 176 valence electrons. The number of anilines is 2. The molecule has 0 atom stereocenters. The molecular weight excluding hydrogens is 398 g/mol. The molecule has 32 heavy (non-hydrogen) atoms. The number of benzene rings is 1. The minimum Gasteiger partial charge on any atom is -0.371 e. The quantitative estimate of drug-likeness (QED) is 0.618. The van der Waals surface area contributed by atoms with Crippen molar-refractivity contribution >= 4 is 23.2 Å². The van der Waals surface area contributed by atoms with Gasteiger partial charge in [0.15, 0.2) is 0 Å². The lowest BCUT2D eigenvalue weighted by molar-refractivity contribution is -0.116. The molecule has 1 saturated carbocycles. The maximum Gasteiger partial charge on any atom is 0.256 e. The Morgan fingerprint density at radius 2 is 1.53 bits per heavy atom. The van der Waals surface area contributed by atoms with Gasteiger partial charge < -0.3 is 15.1 Å². The number of hydrogen-bond acceptors (Lipinski definition) is 3. The van der Waals surface area contributed by atoms with E-state index in [1.165, 1.54) is 25.7 Å². The fourth-order valence-electron chi connectivity index (χ4n) is 5.55. The molecule has 0 spiro atoms. The average Bonchev–Trinajstić information content (AvgIpc) is 3.32. The molecule has 2 amide bonds. The molecule has 0 unspecified atom stereocenters. The standard InChI is InChI=1S/C27H41N3O2/c1-20-11-15-29(16-12-20)25-9-8-23(28-26(31)10-7-22-5-3-4-6-22)19-24(25)27(32)30-17-13-21(2)14-18-30/h8-9,19-22H,3-7,10-18H2,1-2H3,(H,28,31). The van der Waals surface area contributed by atoms with Crippen molar-refractivity contribution in [2.75, 3.05) is 36.4 Å². The van der Waals surface area contributed by atoms with Gasteiger partial charge in [0.2, 0.25) is 5.91 Å². The van der Waals surface area contributed by atoms with Crippen molar-refractivity contribution in [3.8, 4) is 0 Å². The third-order valence-electron chi connectivity index (χ3n) is 7.96. The number of amides is 2. The summed E-state index contributed by atoms with van der Waals surface area (Å²) in [6.07, 6.45) is 11.2. The zero-order valence-corrected chi connectivity index (χ0v) is 20.1. The predicted molar refractivity (Wildman–Crippen MR) is 131 cm³/mol. The van der Waals surface area contributed by atoms with Gasteiger partial charge in [-0.1, -0.05) is 39.5 Å². The van der Waals surface area contributed by atoms with Gasteiger partial charge in [0.05, 0.1) is 5.56 Å². The highest BCUT2D eigenvalue weighted by molar-refractivity contribution is 6.02. The van der Waals surface area contributed by atoms with E-state index in [4.69, 9.17) is 0 Å². The summed E-state index contributed by atoms with van der Waals surface area (Å²) in [5.41, 5.74) is 2.54. The Hall–Kier alpha value is -2.04. The highest BCUT2D eigenvalue weighted by Gasteiger charge is 2.27. The second kappa shape index (κ2) is 10.7. The molecule has 0 radical (unpaired) electrons. The topological polar surface area (TPSA) is 52.7 Å². The summed E-state index contributed by atoms with van der Waals surface area (Å²) in [6.45, 7) is 8.21. The van der Waals surface area contributed by atoms with Crippen LogP contribution in [0.2, 0.25) is 0 Å². The van der Waals surface area contributed by atoms with Crippen molar-refractivity contribution in [1.29, 1.82) is 0 Å². The second-order valence-electron chi connectivity index (χ2n) is 10.6. The summed E-state index contributed by atoms with van der Waals surface area (Å²) < 4.78 is 0. The smallest absolute Gasteiger partial charge is 0.256 e. The highest BCUT2D eigenvalue weighted by Crippen LogP contribution is 2.32. The molecule has 0 aromatic heterocycles. The summed E-state index contributed by atoms with van der Waals surface area (Å²) in [5, 5.41) is 3.08. The van der Waals surface area contributed by atoms with E-state index in [2.05, 4.69) is 30.1 Å². The third-order valence-corrected chi connectivity index (χ3v) is 7.96. The van der Waals surface area contributed by atoms with Crippen molar-refractivity contribution < 1.29 is 9.59 Å². The van der Waals surface area contributed by atoms with E-state index >= 15 is 0 Å². The lowest BCUT2D eigenvalue weighted by Crippen LogP contribution is -2.40. The fraction of sp³-hybridized carbons (Fsp3) is 0.704. The molecule has 1 aromatic carbocycles. The Balaban J connectivity index is 1.48. The van der Waals surface area contributed by atoms with Crippen LogP contribution < -0.4 is 10.2 Å². The summed E-state index contributed by atoms with van der Waals surface area (Å²) in [5.74, 6) is 2.33. The van der Waals surface area contributed by atoms with Crippen LogP contribution >= 0.6 is 0 Å². The van der Waals surface area contributed by atoms with Crippen molar-refractivity contribution in [2.24, 2.45) is 17.8 Å².